The van der Waals surface area contributed by atoms with Crippen molar-refractivity contribution in [3.8, 4) is 0 Å². The van der Waals surface area contributed by atoms with Crippen LogP contribution in [0.2, 0.25) is 0 Å². The van der Waals surface area contributed by atoms with Crippen LogP contribution in [0.1, 0.15) is 50.4 Å². The number of carbonyl (C=O) groups excluding carboxylic acids is 3. The van der Waals surface area contributed by atoms with E-state index in [1.165, 1.54) is 0 Å². The van der Waals surface area contributed by atoms with Crippen LogP contribution in [0, 0.1) is 16.2 Å². The van der Waals surface area contributed by atoms with Crippen LogP contribution in [0.3, 0.4) is 0 Å². The Morgan fingerprint density at radius 3 is 2.52 bits per heavy atom. The highest BCUT2D eigenvalue weighted by atomic mass is 16.6. The molecule has 1 spiro atoms. The van der Waals surface area contributed by atoms with Gasteiger partial charge in [-0.05, 0) is 38.8 Å². The summed E-state index contributed by atoms with van der Waals surface area (Å²) in [5.41, 5.74) is -5.70. The molecule has 0 amide bonds. The van der Waals surface area contributed by atoms with Gasteiger partial charge in [-0.25, -0.2) is 4.79 Å². The molecular formula is C22H24O7. The quantitative estimate of drug-likeness (QED) is 0.599. The summed E-state index contributed by atoms with van der Waals surface area (Å²) in [7, 11) is 0. The highest BCUT2D eigenvalue weighted by Gasteiger charge is 2.92. The summed E-state index contributed by atoms with van der Waals surface area (Å²) in [5, 5.41) is 12.1. The molecule has 2 aliphatic carbocycles. The van der Waals surface area contributed by atoms with E-state index in [4.69, 9.17) is 14.2 Å². The van der Waals surface area contributed by atoms with E-state index in [9.17, 15) is 19.5 Å². The molecule has 4 fully saturated rings. The second kappa shape index (κ2) is 5.19. The topological polar surface area (TPSA) is 99.1 Å². The molecular weight excluding hydrogens is 376 g/mol. The van der Waals surface area contributed by atoms with E-state index in [1.54, 1.807) is 51.1 Å². The zero-order chi connectivity index (χ0) is 20.9. The molecule has 6 atom stereocenters. The van der Waals surface area contributed by atoms with Crippen LogP contribution < -0.4 is 0 Å². The standard InChI is InChI=1S/C22H24O7/c1-18-12-27-17(25)20(18,3)16(28-15(24)13-7-5-4-6-8-13)21-11-14(23)29-19(21,2)9-10-22(18,21)26/h4-8,16,26H,9-12H2,1-3H3/t16-,18-,19+,20+,21-,22+/m1/s1. The summed E-state index contributed by atoms with van der Waals surface area (Å²) in [6.07, 6.45) is -0.412. The van der Waals surface area contributed by atoms with Crippen LogP contribution in [0.5, 0.6) is 0 Å². The molecule has 1 N–H and O–H groups in total. The number of rotatable bonds is 2. The molecule has 29 heavy (non-hydrogen) atoms. The van der Waals surface area contributed by atoms with Crippen molar-refractivity contribution in [3.05, 3.63) is 35.9 Å². The van der Waals surface area contributed by atoms with Crippen LogP contribution >= 0.6 is 0 Å². The summed E-state index contributed by atoms with van der Waals surface area (Å²) in [6, 6.07) is 8.47. The average molecular weight is 400 g/mol. The maximum atomic E-state index is 13.0. The molecule has 2 saturated carbocycles. The number of benzene rings is 1. The minimum Gasteiger partial charge on any atom is -0.464 e. The van der Waals surface area contributed by atoms with E-state index in [-0.39, 0.29) is 13.0 Å². The number of hydrogen-bond donors (Lipinski definition) is 1. The first-order chi connectivity index (χ1) is 13.6. The molecule has 0 bridgehead atoms. The van der Waals surface area contributed by atoms with Gasteiger partial charge in [-0.2, -0.15) is 0 Å². The summed E-state index contributed by atoms with van der Waals surface area (Å²) in [6.45, 7) is 5.26. The minimum absolute atomic E-state index is 0.00421. The van der Waals surface area contributed by atoms with Crippen LogP contribution in [-0.4, -0.2) is 46.9 Å². The number of ether oxygens (including phenoxy) is 3. The van der Waals surface area contributed by atoms with Crippen molar-refractivity contribution in [1.82, 2.24) is 0 Å². The van der Waals surface area contributed by atoms with Gasteiger partial charge in [0, 0.05) is 0 Å². The minimum atomic E-state index is -1.45. The molecule has 0 radical (unpaired) electrons. The number of hydrogen-bond acceptors (Lipinski definition) is 7. The molecule has 2 aliphatic heterocycles. The Kier molecular flexibility index (Phi) is 3.33. The van der Waals surface area contributed by atoms with Crippen LogP contribution in [0.4, 0.5) is 0 Å². The highest BCUT2D eigenvalue weighted by molar-refractivity contribution is 5.91. The maximum absolute atomic E-state index is 13.0. The van der Waals surface area contributed by atoms with E-state index in [1.807, 2.05) is 0 Å². The van der Waals surface area contributed by atoms with Gasteiger partial charge in [0.2, 0.25) is 0 Å². The molecule has 7 nitrogen and oxygen atoms in total. The Hall–Kier alpha value is -2.41. The summed E-state index contributed by atoms with van der Waals surface area (Å²) in [4.78, 5) is 38.5. The molecule has 2 saturated heterocycles. The predicted molar refractivity (Wildman–Crippen MR) is 98.5 cm³/mol. The van der Waals surface area contributed by atoms with Gasteiger partial charge in [0.25, 0.3) is 0 Å². The fourth-order valence-corrected chi connectivity index (χ4v) is 6.79. The first-order valence-corrected chi connectivity index (χ1v) is 9.93. The van der Waals surface area contributed by atoms with Gasteiger partial charge < -0.3 is 19.3 Å². The maximum Gasteiger partial charge on any atom is 0.338 e. The molecule has 0 unspecified atom stereocenters. The van der Waals surface area contributed by atoms with E-state index < -0.39 is 51.5 Å². The Bertz CT molecular complexity index is 944. The van der Waals surface area contributed by atoms with Gasteiger partial charge in [0.1, 0.15) is 23.7 Å². The van der Waals surface area contributed by atoms with E-state index >= 15 is 0 Å². The van der Waals surface area contributed by atoms with E-state index in [0.717, 1.165) is 0 Å². The number of aliphatic hydroxyl groups is 1. The van der Waals surface area contributed by atoms with Crippen molar-refractivity contribution in [3.63, 3.8) is 0 Å². The number of esters is 3. The lowest BCUT2D eigenvalue weighted by Crippen LogP contribution is -2.58. The normalized spacial score (nSPS) is 47.2. The molecule has 5 rings (SSSR count). The van der Waals surface area contributed by atoms with Gasteiger partial charge in [-0.3, -0.25) is 9.59 Å². The van der Waals surface area contributed by atoms with Crippen molar-refractivity contribution < 1.29 is 33.7 Å². The Morgan fingerprint density at radius 2 is 1.83 bits per heavy atom. The lowest BCUT2D eigenvalue weighted by Gasteiger charge is -2.45. The van der Waals surface area contributed by atoms with Gasteiger partial charge in [0.05, 0.1) is 28.4 Å². The molecule has 1 aromatic rings. The van der Waals surface area contributed by atoms with Crippen molar-refractivity contribution >= 4 is 17.9 Å². The van der Waals surface area contributed by atoms with Gasteiger partial charge >= 0.3 is 17.9 Å². The van der Waals surface area contributed by atoms with Gasteiger partial charge in [-0.1, -0.05) is 25.1 Å². The Labute approximate surface area is 168 Å². The number of carbonyl (C=O) groups is 3. The van der Waals surface area contributed by atoms with E-state index in [2.05, 4.69) is 0 Å². The highest BCUT2D eigenvalue weighted by Crippen LogP contribution is 2.79. The first-order valence-electron chi connectivity index (χ1n) is 9.93. The van der Waals surface area contributed by atoms with Crippen molar-refractivity contribution in [2.24, 2.45) is 16.2 Å². The molecule has 2 heterocycles. The van der Waals surface area contributed by atoms with E-state index in [0.29, 0.717) is 18.4 Å². The van der Waals surface area contributed by atoms with Gasteiger partial charge in [0.15, 0.2) is 0 Å². The predicted octanol–water partition coefficient (Wildman–Crippen LogP) is 2.01. The smallest absolute Gasteiger partial charge is 0.338 e. The fraction of sp³-hybridized carbons (Fsp3) is 0.591. The molecule has 4 aliphatic rings. The summed E-state index contributed by atoms with van der Waals surface area (Å²) >= 11 is 0. The number of cyclic esters (lactones) is 1. The third-order valence-corrected chi connectivity index (χ3v) is 8.59. The number of fused-ring (bicyclic) bond motifs is 2. The lowest BCUT2D eigenvalue weighted by atomic mass is 9.61. The second-order valence-electron chi connectivity index (χ2n) is 9.48. The van der Waals surface area contributed by atoms with Crippen molar-refractivity contribution in [2.45, 2.75) is 57.3 Å². The molecule has 154 valence electrons. The Morgan fingerprint density at radius 1 is 1.14 bits per heavy atom. The lowest BCUT2D eigenvalue weighted by molar-refractivity contribution is -0.175. The third-order valence-electron chi connectivity index (χ3n) is 8.59. The summed E-state index contributed by atoms with van der Waals surface area (Å²) in [5.74, 6) is -1.58. The molecule has 7 heteroatoms. The van der Waals surface area contributed by atoms with Crippen molar-refractivity contribution in [2.75, 3.05) is 6.61 Å². The van der Waals surface area contributed by atoms with Crippen LogP contribution in [0.15, 0.2) is 30.3 Å². The van der Waals surface area contributed by atoms with Crippen LogP contribution in [0.25, 0.3) is 0 Å². The molecule has 1 aromatic carbocycles. The van der Waals surface area contributed by atoms with Crippen LogP contribution in [-0.2, 0) is 23.8 Å². The summed E-state index contributed by atoms with van der Waals surface area (Å²) < 4.78 is 17.1. The van der Waals surface area contributed by atoms with Crippen molar-refractivity contribution in [1.29, 1.82) is 0 Å². The first kappa shape index (κ1) is 18.6. The average Bonchev–Trinajstić information content (AvgIpc) is 3.22. The fourth-order valence-electron chi connectivity index (χ4n) is 6.79. The molecule has 0 aromatic heterocycles. The monoisotopic (exact) mass is 400 g/mol. The zero-order valence-electron chi connectivity index (χ0n) is 16.7. The SMILES string of the molecule is C[C@@]12COC(=O)[C@]1(C)[C@@H](OC(=O)c1ccccc1)[C@]13CC(=O)O[C@@]1(C)CC[C@]23O. The largest absolute Gasteiger partial charge is 0.464 e. The third kappa shape index (κ3) is 1.74. The Balaban J connectivity index is 1.71. The van der Waals surface area contributed by atoms with Gasteiger partial charge in [-0.15, -0.1) is 0 Å². The zero-order valence-corrected chi connectivity index (χ0v) is 16.7. The second-order valence-corrected chi connectivity index (χ2v) is 9.48.